The van der Waals surface area contributed by atoms with E-state index >= 15 is 0 Å². The zero-order chi connectivity index (χ0) is 17.4. The van der Waals surface area contributed by atoms with Crippen LogP contribution >= 0.6 is 27.7 Å². The first-order valence-electron chi connectivity index (χ1n) is 8.47. The summed E-state index contributed by atoms with van der Waals surface area (Å²) in [6, 6.07) is 8.33. The molecule has 4 nitrogen and oxygen atoms in total. The summed E-state index contributed by atoms with van der Waals surface area (Å²) in [5, 5.41) is 3.59. The summed E-state index contributed by atoms with van der Waals surface area (Å²) >= 11 is 5.67. The van der Waals surface area contributed by atoms with Gasteiger partial charge in [-0.2, -0.15) is 11.8 Å². The molecule has 1 heterocycles. The largest absolute Gasteiger partial charge is 0.381 e. The van der Waals surface area contributed by atoms with Gasteiger partial charge in [0.2, 0.25) is 0 Å². The highest BCUT2D eigenvalue weighted by atomic mass is 79.9. The Morgan fingerprint density at radius 3 is 2.71 bits per heavy atom. The zero-order valence-corrected chi connectivity index (χ0v) is 17.3. The van der Waals surface area contributed by atoms with Gasteiger partial charge in [-0.1, -0.05) is 41.1 Å². The number of nitrogens with one attached hydrogen (secondary N) is 1. The van der Waals surface area contributed by atoms with Crippen LogP contribution in [0.5, 0.6) is 0 Å². The molecule has 24 heavy (non-hydrogen) atoms. The molecule has 0 aliphatic carbocycles. The molecule has 0 saturated carbocycles. The summed E-state index contributed by atoms with van der Waals surface area (Å²) in [5.41, 5.74) is 1.26. The van der Waals surface area contributed by atoms with Crippen molar-refractivity contribution in [3.8, 4) is 0 Å². The Bertz CT molecular complexity index is 541. The number of rotatable bonds is 6. The number of hydrogen-bond acceptors (Lipinski definition) is 3. The Labute approximate surface area is 158 Å². The lowest BCUT2D eigenvalue weighted by molar-refractivity contribution is 0.0780. The van der Waals surface area contributed by atoms with Crippen LogP contribution in [-0.4, -0.2) is 55.2 Å². The fraction of sp³-hybridized carbons (Fsp3) is 0.611. The minimum absolute atomic E-state index is 0.261. The van der Waals surface area contributed by atoms with Crippen molar-refractivity contribution >= 4 is 33.7 Å². The van der Waals surface area contributed by atoms with Gasteiger partial charge in [0.25, 0.3) is 0 Å². The summed E-state index contributed by atoms with van der Waals surface area (Å²) in [6.45, 7) is 5.70. The SMILES string of the molecule is CCSC1(CNC(=NC)N(C)Cc2ccccc2Br)CCOCC1. The summed E-state index contributed by atoms with van der Waals surface area (Å²) in [7, 11) is 3.93. The molecule has 0 atom stereocenters. The Morgan fingerprint density at radius 1 is 1.38 bits per heavy atom. The molecule has 0 unspecified atom stereocenters. The average Bonchev–Trinajstić information content (AvgIpc) is 2.58. The molecule has 0 amide bonds. The van der Waals surface area contributed by atoms with Gasteiger partial charge in [0, 0.05) is 49.6 Å². The number of hydrogen-bond donors (Lipinski definition) is 1. The Kier molecular flexibility index (Phi) is 7.91. The molecular formula is C18H28BrN3OS. The Morgan fingerprint density at radius 2 is 2.08 bits per heavy atom. The minimum atomic E-state index is 0.261. The third kappa shape index (κ3) is 5.39. The van der Waals surface area contributed by atoms with Crippen LogP contribution in [0.3, 0.4) is 0 Å². The number of thioether (sulfide) groups is 1. The van der Waals surface area contributed by atoms with E-state index in [1.807, 2.05) is 24.9 Å². The van der Waals surface area contributed by atoms with Gasteiger partial charge in [-0.25, -0.2) is 0 Å². The van der Waals surface area contributed by atoms with E-state index in [0.717, 1.165) is 55.3 Å². The second-order valence-corrected chi connectivity index (χ2v) is 8.66. The monoisotopic (exact) mass is 413 g/mol. The summed E-state index contributed by atoms with van der Waals surface area (Å²) < 4.78 is 6.95. The molecule has 0 spiro atoms. The van der Waals surface area contributed by atoms with Crippen LogP contribution in [0.1, 0.15) is 25.3 Å². The normalized spacial score (nSPS) is 17.6. The molecule has 1 fully saturated rings. The van der Waals surface area contributed by atoms with Crippen molar-refractivity contribution in [1.82, 2.24) is 10.2 Å². The van der Waals surface area contributed by atoms with Crippen molar-refractivity contribution in [2.75, 3.05) is 39.6 Å². The van der Waals surface area contributed by atoms with E-state index in [1.165, 1.54) is 5.56 Å². The van der Waals surface area contributed by atoms with Crippen molar-refractivity contribution in [2.24, 2.45) is 4.99 Å². The van der Waals surface area contributed by atoms with Crippen LogP contribution in [0.4, 0.5) is 0 Å². The van der Waals surface area contributed by atoms with Gasteiger partial charge in [0.05, 0.1) is 0 Å². The average molecular weight is 414 g/mol. The first-order valence-corrected chi connectivity index (χ1v) is 10.2. The maximum atomic E-state index is 5.56. The summed E-state index contributed by atoms with van der Waals surface area (Å²) in [6.07, 6.45) is 2.20. The lowest BCUT2D eigenvalue weighted by atomic mass is 9.99. The fourth-order valence-corrected chi connectivity index (χ4v) is 4.66. The Balaban J connectivity index is 1.96. The number of ether oxygens (including phenoxy) is 1. The number of guanidine groups is 1. The molecule has 1 aromatic rings. The van der Waals surface area contributed by atoms with Crippen LogP contribution in [0, 0.1) is 0 Å². The van der Waals surface area contributed by atoms with Gasteiger partial charge in [0.15, 0.2) is 5.96 Å². The highest BCUT2D eigenvalue weighted by molar-refractivity contribution is 9.10. The van der Waals surface area contributed by atoms with Crippen LogP contribution < -0.4 is 5.32 Å². The molecule has 0 bridgehead atoms. The number of nitrogens with zero attached hydrogens (tertiary/aromatic N) is 2. The molecular weight excluding hydrogens is 386 g/mol. The van der Waals surface area contributed by atoms with Gasteiger partial charge in [-0.15, -0.1) is 0 Å². The van der Waals surface area contributed by atoms with Crippen molar-refractivity contribution in [1.29, 1.82) is 0 Å². The van der Waals surface area contributed by atoms with E-state index < -0.39 is 0 Å². The highest BCUT2D eigenvalue weighted by Crippen LogP contribution is 2.34. The molecule has 6 heteroatoms. The standard InChI is InChI=1S/C18H28BrN3OS/c1-4-24-18(9-11-23-12-10-18)14-21-17(20-2)22(3)13-15-7-5-6-8-16(15)19/h5-8H,4,9-14H2,1-3H3,(H,20,21). The van der Waals surface area contributed by atoms with Gasteiger partial charge >= 0.3 is 0 Å². The van der Waals surface area contributed by atoms with Crippen LogP contribution in [0.25, 0.3) is 0 Å². The fourth-order valence-electron chi connectivity index (χ4n) is 3.00. The minimum Gasteiger partial charge on any atom is -0.381 e. The first kappa shape index (κ1) is 19.6. The number of halogens is 1. The third-order valence-corrected chi connectivity index (χ3v) is 6.59. The van der Waals surface area contributed by atoms with Crippen molar-refractivity contribution in [2.45, 2.75) is 31.1 Å². The van der Waals surface area contributed by atoms with E-state index in [9.17, 15) is 0 Å². The second kappa shape index (κ2) is 9.68. The molecule has 1 N–H and O–H groups in total. The van der Waals surface area contributed by atoms with Gasteiger partial charge in [0.1, 0.15) is 0 Å². The summed E-state index contributed by atoms with van der Waals surface area (Å²) in [4.78, 5) is 6.64. The molecule has 1 aliphatic rings. The highest BCUT2D eigenvalue weighted by Gasteiger charge is 2.33. The maximum absolute atomic E-state index is 5.56. The van der Waals surface area contributed by atoms with E-state index in [1.54, 1.807) is 0 Å². The predicted molar refractivity (Wildman–Crippen MR) is 108 cm³/mol. The molecule has 0 radical (unpaired) electrons. The van der Waals surface area contributed by atoms with Crippen molar-refractivity contribution in [3.05, 3.63) is 34.3 Å². The molecule has 1 aliphatic heterocycles. The maximum Gasteiger partial charge on any atom is 0.193 e. The Hall–Kier alpha value is -0.720. The third-order valence-electron chi connectivity index (χ3n) is 4.36. The molecule has 0 aromatic heterocycles. The van der Waals surface area contributed by atoms with E-state index in [2.05, 4.69) is 63.3 Å². The lowest BCUT2D eigenvalue weighted by Gasteiger charge is -2.37. The smallest absolute Gasteiger partial charge is 0.193 e. The van der Waals surface area contributed by atoms with Gasteiger partial charge in [-0.05, 0) is 30.2 Å². The molecule has 1 saturated heterocycles. The van der Waals surface area contributed by atoms with Crippen LogP contribution in [0.15, 0.2) is 33.7 Å². The topological polar surface area (TPSA) is 36.9 Å². The van der Waals surface area contributed by atoms with Gasteiger partial charge in [-0.3, -0.25) is 4.99 Å². The molecule has 2 rings (SSSR count). The molecule has 1 aromatic carbocycles. The predicted octanol–water partition coefficient (Wildman–Crippen LogP) is 3.76. The van der Waals surface area contributed by atoms with E-state index in [-0.39, 0.29) is 4.75 Å². The zero-order valence-electron chi connectivity index (χ0n) is 14.8. The van der Waals surface area contributed by atoms with Crippen LogP contribution in [0.2, 0.25) is 0 Å². The first-order chi connectivity index (χ1) is 11.6. The van der Waals surface area contributed by atoms with Gasteiger partial charge < -0.3 is 15.0 Å². The lowest BCUT2D eigenvalue weighted by Crippen LogP contribution is -2.48. The van der Waals surface area contributed by atoms with E-state index in [0.29, 0.717) is 0 Å². The summed E-state index contributed by atoms with van der Waals surface area (Å²) in [5.74, 6) is 2.07. The number of aliphatic imine (C=N–C) groups is 1. The number of benzene rings is 1. The van der Waals surface area contributed by atoms with Crippen LogP contribution in [-0.2, 0) is 11.3 Å². The van der Waals surface area contributed by atoms with E-state index in [4.69, 9.17) is 4.74 Å². The second-order valence-electron chi connectivity index (χ2n) is 6.08. The molecule has 134 valence electrons. The quantitative estimate of drug-likeness (QED) is 0.568. The van der Waals surface area contributed by atoms with Crippen molar-refractivity contribution < 1.29 is 4.74 Å². The van der Waals surface area contributed by atoms with Crippen molar-refractivity contribution in [3.63, 3.8) is 0 Å².